The number of hydrogen-bond donors (Lipinski definition) is 3. The first-order valence-electron chi connectivity index (χ1n) is 9.14. The maximum absolute atomic E-state index is 11.7. The molecule has 1 aromatic heterocycles. The highest BCUT2D eigenvalue weighted by molar-refractivity contribution is 5.92. The summed E-state index contributed by atoms with van der Waals surface area (Å²) in [5, 5.41) is 15.4. The molecule has 0 bridgehead atoms. The first-order valence-corrected chi connectivity index (χ1v) is 9.14. The van der Waals surface area contributed by atoms with Gasteiger partial charge in [0.2, 0.25) is 0 Å². The zero-order valence-corrected chi connectivity index (χ0v) is 16.1. The highest BCUT2D eigenvalue weighted by atomic mass is 16.2. The average molecular weight is 400 g/mol. The van der Waals surface area contributed by atoms with Crippen molar-refractivity contribution in [1.82, 2.24) is 15.1 Å². The van der Waals surface area contributed by atoms with Gasteiger partial charge in [-0.05, 0) is 34.9 Å². The average Bonchev–Trinajstić information content (AvgIpc) is 3.01. The fraction of sp³-hybridized carbons (Fsp3) is 0.0909. The van der Waals surface area contributed by atoms with Gasteiger partial charge in [-0.1, -0.05) is 36.4 Å². The first-order chi connectivity index (χ1) is 14.5. The largest absolute Gasteiger partial charge is 0.364 e. The fourth-order valence-corrected chi connectivity index (χ4v) is 3.01. The molecule has 0 saturated heterocycles. The molecule has 8 nitrogen and oxygen atoms in total. The highest BCUT2D eigenvalue weighted by Gasteiger charge is 2.16. The van der Waals surface area contributed by atoms with E-state index in [-0.39, 0.29) is 12.2 Å². The van der Waals surface area contributed by atoms with Crippen LogP contribution in [0.2, 0.25) is 0 Å². The minimum absolute atomic E-state index is 0.0564. The normalized spacial score (nSPS) is 13.3. The van der Waals surface area contributed by atoms with E-state index in [1.54, 1.807) is 17.0 Å². The van der Waals surface area contributed by atoms with E-state index in [0.29, 0.717) is 12.0 Å². The monoisotopic (exact) mass is 400 g/mol. The van der Waals surface area contributed by atoms with Crippen LogP contribution in [-0.2, 0) is 6.54 Å². The minimum atomic E-state index is -0.700. The van der Waals surface area contributed by atoms with Crippen molar-refractivity contribution < 1.29 is 9.59 Å². The third-order valence-corrected chi connectivity index (χ3v) is 4.42. The van der Waals surface area contributed by atoms with E-state index >= 15 is 0 Å². The number of urea groups is 1. The van der Waals surface area contributed by atoms with Crippen molar-refractivity contribution in [3.8, 4) is 6.07 Å². The second-order valence-electron chi connectivity index (χ2n) is 6.50. The summed E-state index contributed by atoms with van der Waals surface area (Å²) in [5.74, 6) is -0.682. The van der Waals surface area contributed by atoms with Crippen LogP contribution < -0.4 is 16.8 Å². The van der Waals surface area contributed by atoms with E-state index in [2.05, 4.69) is 10.4 Å². The predicted octanol–water partition coefficient (Wildman–Crippen LogP) is 2.57. The topological polar surface area (TPSA) is 140 Å². The van der Waals surface area contributed by atoms with Gasteiger partial charge in [0.15, 0.2) is 5.69 Å². The van der Waals surface area contributed by atoms with Gasteiger partial charge in [-0.25, -0.2) is 9.48 Å². The number of allylic oxidation sites excluding steroid dienone is 7. The molecule has 0 atom stereocenters. The second kappa shape index (κ2) is 9.21. The number of benzene rings is 1. The molecule has 8 heteroatoms. The molecule has 0 fully saturated rings. The van der Waals surface area contributed by atoms with E-state index in [4.69, 9.17) is 16.7 Å². The standard InChI is InChI=1S/C22H20N6O2/c23-11-3-5-15-4-1-7-17(12-15)16-6-2-8-19(10-9-16)28-14-18(13-26-22(25)30)20(27-28)21(24)29/h1-7,9-10,12,14H,8,13H2,(H2,24,29)(H3,25,26,30)/b5-3+. The molecule has 1 aliphatic carbocycles. The highest BCUT2D eigenvalue weighted by Crippen LogP contribution is 2.24. The van der Waals surface area contributed by atoms with Gasteiger partial charge in [0, 0.05) is 36.5 Å². The molecule has 0 radical (unpaired) electrons. The third kappa shape index (κ3) is 4.91. The molecule has 3 amide bonds. The van der Waals surface area contributed by atoms with E-state index in [9.17, 15) is 9.59 Å². The quantitative estimate of drug-likeness (QED) is 0.641. The Morgan fingerprint density at radius 2 is 2.13 bits per heavy atom. The lowest BCUT2D eigenvalue weighted by atomic mass is 10.0. The second-order valence-corrected chi connectivity index (χ2v) is 6.50. The molecule has 5 N–H and O–H groups in total. The summed E-state index contributed by atoms with van der Waals surface area (Å²) >= 11 is 0. The lowest BCUT2D eigenvalue weighted by molar-refractivity contribution is 0.0994. The number of amides is 3. The van der Waals surface area contributed by atoms with Gasteiger partial charge in [0.25, 0.3) is 5.91 Å². The van der Waals surface area contributed by atoms with Crippen molar-refractivity contribution in [2.24, 2.45) is 11.5 Å². The molecule has 0 spiro atoms. The number of nitrogens with one attached hydrogen (secondary N) is 1. The van der Waals surface area contributed by atoms with Gasteiger partial charge in [-0.2, -0.15) is 10.4 Å². The van der Waals surface area contributed by atoms with Gasteiger partial charge >= 0.3 is 6.03 Å². The van der Waals surface area contributed by atoms with Gasteiger partial charge in [-0.3, -0.25) is 4.79 Å². The number of nitriles is 1. The van der Waals surface area contributed by atoms with Gasteiger partial charge in [0.05, 0.1) is 6.07 Å². The summed E-state index contributed by atoms with van der Waals surface area (Å²) in [6.07, 6.45) is 13.3. The number of rotatable bonds is 6. The van der Waals surface area contributed by atoms with Crippen molar-refractivity contribution in [2.75, 3.05) is 0 Å². The molecule has 0 unspecified atom stereocenters. The Balaban J connectivity index is 1.91. The molecule has 2 aromatic rings. The first kappa shape index (κ1) is 20.4. The predicted molar refractivity (Wildman–Crippen MR) is 114 cm³/mol. The molecule has 150 valence electrons. The molecular weight excluding hydrogens is 380 g/mol. The van der Waals surface area contributed by atoms with Crippen LogP contribution in [0.5, 0.6) is 0 Å². The van der Waals surface area contributed by atoms with Crippen molar-refractivity contribution in [3.05, 3.63) is 83.2 Å². The number of nitrogens with two attached hydrogens (primary N) is 2. The van der Waals surface area contributed by atoms with Crippen LogP contribution in [0.4, 0.5) is 4.79 Å². The molecule has 0 aliphatic heterocycles. The Morgan fingerprint density at radius 3 is 2.87 bits per heavy atom. The summed E-state index contributed by atoms with van der Waals surface area (Å²) < 4.78 is 1.58. The van der Waals surface area contributed by atoms with Crippen molar-refractivity contribution >= 4 is 29.3 Å². The van der Waals surface area contributed by atoms with Crippen molar-refractivity contribution in [2.45, 2.75) is 13.0 Å². The van der Waals surface area contributed by atoms with E-state index < -0.39 is 11.9 Å². The minimum Gasteiger partial charge on any atom is -0.364 e. The Kier molecular flexibility index (Phi) is 6.25. The summed E-state index contributed by atoms with van der Waals surface area (Å²) in [6, 6.07) is 9.13. The van der Waals surface area contributed by atoms with Crippen LogP contribution in [0.3, 0.4) is 0 Å². The number of carbonyl (C=O) groups is 2. The van der Waals surface area contributed by atoms with Crippen LogP contribution >= 0.6 is 0 Å². The summed E-state index contributed by atoms with van der Waals surface area (Å²) in [7, 11) is 0. The SMILES string of the molecule is N#C/C=C/c1cccc(C2=CC=C(n3cc(CNC(N)=O)c(C(N)=O)n3)CC=C2)c1. The van der Waals surface area contributed by atoms with Gasteiger partial charge in [-0.15, -0.1) is 0 Å². The van der Waals surface area contributed by atoms with Crippen molar-refractivity contribution in [3.63, 3.8) is 0 Å². The number of hydrogen-bond acceptors (Lipinski definition) is 4. The maximum atomic E-state index is 11.7. The fourth-order valence-electron chi connectivity index (χ4n) is 3.01. The molecule has 1 aliphatic rings. The lowest BCUT2D eigenvalue weighted by Gasteiger charge is -2.03. The van der Waals surface area contributed by atoms with Gasteiger partial charge in [0.1, 0.15) is 0 Å². The van der Waals surface area contributed by atoms with Crippen LogP contribution in [0.15, 0.2) is 60.8 Å². The van der Waals surface area contributed by atoms with Gasteiger partial charge < -0.3 is 16.8 Å². The summed E-state index contributed by atoms with van der Waals surface area (Å²) in [5.41, 5.74) is 14.8. The Hall–Kier alpha value is -4.38. The Morgan fingerprint density at radius 1 is 1.30 bits per heavy atom. The smallest absolute Gasteiger partial charge is 0.312 e. The maximum Gasteiger partial charge on any atom is 0.312 e. The van der Waals surface area contributed by atoms with Crippen LogP contribution in [0.25, 0.3) is 17.3 Å². The summed E-state index contributed by atoms with van der Waals surface area (Å²) in [4.78, 5) is 22.7. The molecule has 3 rings (SSSR count). The molecule has 1 heterocycles. The zero-order chi connectivity index (χ0) is 21.5. The molecule has 0 saturated carbocycles. The van der Waals surface area contributed by atoms with E-state index in [1.807, 2.05) is 54.6 Å². The lowest BCUT2D eigenvalue weighted by Crippen LogP contribution is -2.29. The third-order valence-electron chi connectivity index (χ3n) is 4.42. The zero-order valence-electron chi connectivity index (χ0n) is 16.1. The molecule has 30 heavy (non-hydrogen) atoms. The summed E-state index contributed by atoms with van der Waals surface area (Å²) in [6.45, 7) is 0.0564. The number of carbonyl (C=O) groups excluding carboxylic acids is 2. The van der Waals surface area contributed by atoms with Crippen LogP contribution in [0.1, 0.15) is 33.6 Å². The van der Waals surface area contributed by atoms with Crippen LogP contribution in [0, 0.1) is 11.3 Å². The molecule has 1 aromatic carbocycles. The number of primary amides is 2. The van der Waals surface area contributed by atoms with Crippen LogP contribution in [-0.4, -0.2) is 21.7 Å². The van der Waals surface area contributed by atoms with Crippen molar-refractivity contribution in [1.29, 1.82) is 5.26 Å². The molecular formula is C22H20N6O2. The number of aromatic nitrogens is 2. The number of nitrogens with zero attached hydrogens (tertiary/aromatic N) is 3. The Labute approximate surface area is 173 Å². The van der Waals surface area contributed by atoms with E-state index in [0.717, 1.165) is 22.4 Å². The van der Waals surface area contributed by atoms with E-state index in [1.165, 1.54) is 6.08 Å². The Bertz CT molecular complexity index is 1140.